The van der Waals surface area contributed by atoms with Gasteiger partial charge in [0.2, 0.25) is 0 Å². The molecule has 1 aromatic rings. The summed E-state index contributed by atoms with van der Waals surface area (Å²) in [6, 6.07) is 9.03. The Balaban J connectivity index is 2.62. The Labute approximate surface area is 101 Å². The van der Waals surface area contributed by atoms with E-state index in [1.807, 2.05) is 30.3 Å². The van der Waals surface area contributed by atoms with E-state index in [4.69, 9.17) is 5.11 Å². The highest BCUT2D eigenvalue weighted by molar-refractivity contribution is 7.81. The van der Waals surface area contributed by atoms with E-state index < -0.39 is 16.8 Å². The van der Waals surface area contributed by atoms with Crippen molar-refractivity contribution in [3.05, 3.63) is 35.9 Å². The first-order chi connectivity index (χ1) is 7.41. The number of rotatable bonds is 5. The minimum absolute atomic E-state index is 0.530. The standard InChI is InChI=1S/C12H17NO2S/c1-12(2,16)10(11(14)15)13-8-9-6-4-3-5-7-9/h3-7,10,13,16H,8H2,1-2H3,(H,14,15)/t10-/m0/s1. The molecule has 0 radical (unpaired) electrons. The molecule has 0 aliphatic heterocycles. The van der Waals surface area contributed by atoms with Crippen LogP contribution >= 0.6 is 12.6 Å². The van der Waals surface area contributed by atoms with Gasteiger partial charge in [-0.3, -0.25) is 10.1 Å². The number of carboxylic acids is 1. The topological polar surface area (TPSA) is 49.3 Å². The van der Waals surface area contributed by atoms with Crippen molar-refractivity contribution in [3.63, 3.8) is 0 Å². The predicted molar refractivity (Wildman–Crippen MR) is 67.8 cm³/mol. The van der Waals surface area contributed by atoms with Crippen LogP contribution in [0.1, 0.15) is 19.4 Å². The van der Waals surface area contributed by atoms with Crippen LogP contribution in [0.5, 0.6) is 0 Å². The lowest BCUT2D eigenvalue weighted by Gasteiger charge is -2.27. The van der Waals surface area contributed by atoms with E-state index in [0.29, 0.717) is 6.54 Å². The molecule has 0 bridgehead atoms. The van der Waals surface area contributed by atoms with Crippen LogP contribution in [0.2, 0.25) is 0 Å². The van der Waals surface area contributed by atoms with Crippen molar-refractivity contribution in [1.82, 2.24) is 5.32 Å². The maximum absolute atomic E-state index is 11.1. The molecule has 0 heterocycles. The Kier molecular flexibility index (Phi) is 4.38. The van der Waals surface area contributed by atoms with Crippen molar-refractivity contribution < 1.29 is 9.90 Å². The summed E-state index contributed by atoms with van der Waals surface area (Å²) in [5.74, 6) is -0.879. The summed E-state index contributed by atoms with van der Waals surface area (Å²) in [6.45, 7) is 4.10. The van der Waals surface area contributed by atoms with Gasteiger partial charge in [0, 0.05) is 11.3 Å². The summed E-state index contributed by atoms with van der Waals surface area (Å²) in [5, 5.41) is 12.1. The number of nitrogens with one attached hydrogen (secondary N) is 1. The van der Waals surface area contributed by atoms with E-state index in [-0.39, 0.29) is 0 Å². The molecular formula is C12H17NO2S. The molecule has 0 aromatic heterocycles. The average molecular weight is 239 g/mol. The fourth-order valence-electron chi connectivity index (χ4n) is 1.46. The van der Waals surface area contributed by atoms with Gasteiger partial charge < -0.3 is 5.11 Å². The molecule has 0 spiro atoms. The molecule has 0 unspecified atom stereocenters. The maximum Gasteiger partial charge on any atom is 0.322 e. The number of carbonyl (C=O) groups is 1. The number of carboxylic acid groups (broad SMARTS) is 1. The zero-order chi connectivity index (χ0) is 12.2. The number of thiol groups is 1. The smallest absolute Gasteiger partial charge is 0.322 e. The van der Waals surface area contributed by atoms with Crippen molar-refractivity contribution in [2.24, 2.45) is 0 Å². The predicted octanol–water partition coefficient (Wildman–Crippen LogP) is 1.94. The van der Waals surface area contributed by atoms with Crippen LogP contribution in [0.15, 0.2) is 30.3 Å². The maximum atomic E-state index is 11.1. The number of benzene rings is 1. The third kappa shape index (κ3) is 3.87. The summed E-state index contributed by atoms with van der Waals surface area (Å²) < 4.78 is -0.597. The fourth-order valence-corrected chi connectivity index (χ4v) is 1.66. The van der Waals surface area contributed by atoms with Crippen LogP contribution in [0, 0.1) is 0 Å². The lowest BCUT2D eigenvalue weighted by atomic mass is 10.0. The van der Waals surface area contributed by atoms with Crippen LogP contribution < -0.4 is 5.32 Å². The van der Waals surface area contributed by atoms with Gasteiger partial charge in [-0.2, -0.15) is 12.6 Å². The molecule has 88 valence electrons. The molecule has 0 fully saturated rings. The van der Waals surface area contributed by atoms with E-state index in [2.05, 4.69) is 17.9 Å². The average Bonchev–Trinajstić information content (AvgIpc) is 2.17. The summed E-state index contributed by atoms with van der Waals surface area (Å²) in [5.41, 5.74) is 1.06. The summed E-state index contributed by atoms with van der Waals surface area (Å²) in [6.07, 6.45) is 0. The van der Waals surface area contributed by atoms with Gasteiger partial charge in [-0.25, -0.2) is 0 Å². The molecule has 1 aromatic carbocycles. The zero-order valence-corrected chi connectivity index (χ0v) is 10.4. The first kappa shape index (κ1) is 13.1. The van der Waals surface area contributed by atoms with Gasteiger partial charge in [0.05, 0.1) is 0 Å². The van der Waals surface area contributed by atoms with Crippen molar-refractivity contribution in [2.45, 2.75) is 31.2 Å². The molecular weight excluding hydrogens is 222 g/mol. The lowest BCUT2D eigenvalue weighted by molar-refractivity contribution is -0.140. The molecule has 0 amide bonds. The summed E-state index contributed by atoms with van der Waals surface area (Å²) in [4.78, 5) is 11.1. The van der Waals surface area contributed by atoms with Crippen molar-refractivity contribution in [2.75, 3.05) is 0 Å². The number of hydrogen-bond donors (Lipinski definition) is 3. The van der Waals surface area contributed by atoms with Crippen LogP contribution in [-0.2, 0) is 11.3 Å². The molecule has 1 atom stereocenters. The van der Waals surface area contributed by atoms with Crippen molar-refractivity contribution in [3.8, 4) is 0 Å². The Morgan fingerprint density at radius 3 is 2.44 bits per heavy atom. The van der Waals surface area contributed by atoms with Crippen LogP contribution in [0.25, 0.3) is 0 Å². The first-order valence-corrected chi connectivity index (χ1v) is 5.58. The van der Waals surface area contributed by atoms with E-state index in [0.717, 1.165) is 5.56 Å². The normalized spacial score (nSPS) is 13.4. The van der Waals surface area contributed by atoms with Crippen LogP contribution in [0.3, 0.4) is 0 Å². The van der Waals surface area contributed by atoms with E-state index in [9.17, 15) is 4.79 Å². The molecule has 3 nitrogen and oxygen atoms in total. The third-order valence-corrected chi connectivity index (χ3v) is 2.56. The second-order valence-corrected chi connectivity index (χ2v) is 5.44. The number of hydrogen-bond acceptors (Lipinski definition) is 3. The molecule has 2 N–H and O–H groups in total. The van der Waals surface area contributed by atoms with Crippen LogP contribution in [-0.4, -0.2) is 21.9 Å². The van der Waals surface area contributed by atoms with Gasteiger partial charge in [0.15, 0.2) is 0 Å². The third-order valence-electron chi connectivity index (χ3n) is 2.31. The molecule has 1 rings (SSSR count). The minimum Gasteiger partial charge on any atom is -0.480 e. The molecule has 0 aliphatic carbocycles. The minimum atomic E-state index is -0.879. The molecule has 0 saturated heterocycles. The molecule has 0 aliphatic rings. The second kappa shape index (κ2) is 5.37. The fraction of sp³-hybridized carbons (Fsp3) is 0.417. The van der Waals surface area contributed by atoms with Gasteiger partial charge in [-0.15, -0.1) is 0 Å². The monoisotopic (exact) mass is 239 g/mol. The summed E-state index contributed by atoms with van der Waals surface area (Å²) in [7, 11) is 0. The quantitative estimate of drug-likeness (QED) is 0.688. The van der Waals surface area contributed by atoms with Gasteiger partial charge in [-0.05, 0) is 19.4 Å². The van der Waals surface area contributed by atoms with Crippen molar-refractivity contribution >= 4 is 18.6 Å². The van der Waals surface area contributed by atoms with Gasteiger partial charge >= 0.3 is 5.97 Å². The van der Waals surface area contributed by atoms with E-state index in [1.54, 1.807) is 13.8 Å². The van der Waals surface area contributed by atoms with E-state index >= 15 is 0 Å². The molecule has 4 heteroatoms. The Morgan fingerprint density at radius 1 is 1.44 bits per heavy atom. The first-order valence-electron chi connectivity index (χ1n) is 5.14. The van der Waals surface area contributed by atoms with Crippen LogP contribution in [0.4, 0.5) is 0 Å². The zero-order valence-electron chi connectivity index (χ0n) is 9.47. The molecule has 0 saturated carbocycles. The second-order valence-electron chi connectivity index (χ2n) is 4.29. The SMILES string of the molecule is CC(C)(S)[C@@H](NCc1ccccc1)C(=O)O. The van der Waals surface area contributed by atoms with E-state index in [1.165, 1.54) is 0 Å². The Bertz CT molecular complexity index is 346. The number of aliphatic carboxylic acids is 1. The largest absolute Gasteiger partial charge is 0.480 e. The Hall–Kier alpha value is -1.00. The highest BCUT2D eigenvalue weighted by atomic mass is 32.1. The highest BCUT2D eigenvalue weighted by Crippen LogP contribution is 2.18. The summed E-state index contributed by atoms with van der Waals surface area (Å²) >= 11 is 4.29. The Morgan fingerprint density at radius 2 is 2.00 bits per heavy atom. The van der Waals surface area contributed by atoms with Gasteiger partial charge in [-0.1, -0.05) is 30.3 Å². The van der Waals surface area contributed by atoms with Crippen molar-refractivity contribution in [1.29, 1.82) is 0 Å². The molecule has 16 heavy (non-hydrogen) atoms. The van der Waals surface area contributed by atoms with Gasteiger partial charge in [0.1, 0.15) is 6.04 Å². The highest BCUT2D eigenvalue weighted by Gasteiger charge is 2.31. The van der Waals surface area contributed by atoms with Gasteiger partial charge in [0.25, 0.3) is 0 Å². The lowest BCUT2D eigenvalue weighted by Crippen LogP contribution is -2.48.